The topological polar surface area (TPSA) is 184 Å². The third kappa shape index (κ3) is 10.2. The van der Waals surface area contributed by atoms with Crippen LogP contribution in [0, 0.1) is 5.82 Å². The summed E-state index contributed by atoms with van der Waals surface area (Å²) in [6.45, 7) is 3.36. The number of nitrogen functional groups attached to an aromatic ring is 1. The van der Waals surface area contributed by atoms with Gasteiger partial charge in [-0.1, -0.05) is 35.4 Å². The molecule has 3 aliphatic rings. The number of ether oxygens (including phenoxy) is 3. The average molecular weight is 731 g/mol. The highest BCUT2D eigenvalue weighted by atomic mass is 35.5. The number of carbonyl (C=O) groups excluding carboxylic acids is 3. The van der Waals surface area contributed by atoms with E-state index in [1.165, 1.54) is 26.1 Å². The van der Waals surface area contributed by atoms with Gasteiger partial charge in [0.15, 0.2) is 0 Å². The van der Waals surface area contributed by atoms with Gasteiger partial charge < -0.3 is 40.0 Å². The number of alkyl carbamates (subject to hydrolysis) is 1. The lowest BCUT2D eigenvalue weighted by Crippen LogP contribution is -2.56. The molecule has 276 valence electrons. The van der Waals surface area contributed by atoms with Gasteiger partial charge in [0.1, 0.15) is 34.5 Å². The van der Waals surface area contributed by atoms with Crippen molar-refractivity contribution in [2.45, 2.75) is 82.5 Å². The van der Waals surface area contributed by atoms with Crippen LogP contribution in [0.4, 0.5) is 20.6 Å². The van der Waals surface area contributed by atoms with Crippen LogP contribution in [-0.2, 0) is 25.5 Å². The predicted molar refractivity (Wildman–Crippen MR) is 188 cm³/mol. The molecule has 51 heavy (non-hydrogen) atoms. The van der Waals surface area contributed by atoms with Crippen molar-refractivity contribution >= 4 is 46.9 Å². The number of benzene rings is 2. The minimum absolute atomic E-state index is 0.0597. The Balaban J connectivity index is 0.000000289. The van der Waals surface area contributed by atoms with E-state index in [1.807, 2.05) is 37.3 Å². The lowest BCUT2D eigenvalue weighted by atomic mass is 9.96. The van der Waals surface area contributed by atoms with Gasteiger partial charge in [-0.2, -0.15) is 0 Å². The van der Waals surface area contributed by atoms with Crippen LogP contribution in [0.2, 0.25) is 5.02 Å². The summed E-state index contributed by atoms with van der Waals surface area (Å²) < 4.78 is 29.7. The fourth-order valence-corrected chi connectivity index (χ4v) is 6.10. The molecule has 0 aliphatic carbocycles. The zero-order valence-electron chi connectivity index (χ0n) is 29.2. The molecule has 15 heteroatoms. The quantitative estimate of drug-likeness (QED) is 0.251. The summed E-state index contributed by atoms with van der Waals surface area (Å²) in [6, 6.07) is 6.41. The van der Waals surface area contributed by atoms with Gasteiger partial charge in [-0.05, 0) is 62.6 Å². The third-order valence-electron chi connectivity index (χ3n) is 9.00. The van der Waals surface area contributed by atoms with Crippen LogP contribution >= 0.6 is 11.6 Å². The van der Waals surface area contributed by atoms with E-state index < -0.39 is 41.7 Å². The number of likely N-dealkylation sites (N-methyl/N-ethyl adjacent to an activating group) is 1. The van der Waals surface area contributed by atoms with Crippen molar-refractivity contribution in [3.63, 3.8) is 0 Å². The number of nitrogens with two attached hydrogens (primary N) is 1. The Kier molecular flexibility index (Phi) is 12.7. The van der Waals surface area contributed by atoms with Crippen molar-refractivity contribution in [2.75, 3.05) is 31.8 Å². The molecule has 13 nitrogen and oxygen atoms in total. The molecule has 3 aliphatic heterocycles. The molecule has 3 amide bonds. The lowest BCUT2D eigenvalue weighted by molar-refractivity contribution is -0.141. The Morgan fingerprint density at radius 1 is 1.24 bits per heavy atom. The van der Waals surface area contributed by atoms with E-state index in [1.54, 1.807) is 19.1 Å². The molecule has 3 heterocycles. The molecule has 2 fully saturated rings. The number of hydrogen-bond donors (Lipinski definition) is 4. The van der Waals surface area contributed by atoms with Crippen molar-refractivity contribution in [3.05, 3.63) is 76.1 Å². The van der Waals surface area contributed by atoms with E-state index in [9.17, 15) is 28.7 Å². The Labute approximate surface area is 300 Å². The summed E-state index contributed by atoms with van der Waals surface area (Å²) >= 11 is 6.54. The van der Waals surface area contributed by atoms with Gasteiger partial charge in [0, 0.05) is 45.3 Å². The molecule has 2 aromatic carbocycles. The predicted octanol–water partition coefficient (Wildman–Crippen LogP) is 4.84. The smallest absolute Gasteiger partial charge is 0.409 e. The number of aliphatic hydroxyl groups is 1. The van der Waals surface area contributed by atoms with Crippen molar-refractivity contribution < 1.29 is 48.0 Å². The fraction of sp³-hybridized carbons (Fsp3) is 0.444. The number of rotatable bonds is 4. The number of amides is 3. The molecule has 3 unspecified atom stereocenters. The number of carboxylic acid groups (broad SMARTS) is 1. The minimum Gasteiger partial charge on any atom is -0.495 e. The highest BCUT2D eigenvalue weighted by Crippen LogP contribution is 2.38. The second-order valence-electron chi connectivity index (χ2n) is 12.9. The van der Waals surface area contributed by atoms with Gasteiger partial charge >= 0.3 is 12.1 Å². The molecular formula is C36H44ClFN4O9. The second-order valence-corrected chi connectivity index (χ2v) is 13.3. The summed E-state index contributed by atoms with van der Waals surface area (Å²) in [5.41, 5.74) is 6.53. The number of allylic oxidation sites excluding steroid dienone is 3. The Morgan fingerprint density at radius 3 is 2.63 bits per heavy atom. The van der Waals surface area contributed by atoms with Gasteiger partial charge in [0.25, 0.3) is 5.91 Å². The number of halogens is 2. The number of nitrogens with zero attached hydrogens (tertiary/aromatic N) is 2. The molecular weight excluding hydrogens is 687 g/mol. The highest BCUT2D eigenvalue weighted by molar-refractivity contribution is 6.35. The van der Waals surface area contributed by atoms with E-state index in [-0.39, 0.29) is 42.2 Å². The van der Waals surface area contributed by atoms with Crippen LogP contribution in [0.1, 0.15) is 61.9 Å². The van der Waals surface area contributed by atoms with Crippen LogP contribution < -0.4 is 20.7 Å². The van der Waals surface area contributed by atoms with Gasteiger partial charge in [-0.3, -0.25) is 14.9 Å². The normalized spacial score (nSPS) is 25.7. The minimum atomic E-state index is -1.37. The third-order valence-corrected chi connectivity index (χ3v) is 9.38. The number of aliphatic carboxylic acids is 1. The first-order valence-corrected chi connectivity index (χ1v) is 16.8. The largest absolute Gasteiger partial charge is 0.495 e. The highest BCUT2D eigenvalue weighted by Gasteiger charge is 2.45. The van der Waals surface area contributed by atoms with Crippen molar-refractivity contribution in [2.24, 2.45) is 0 Å². The van der Waals surface area contributed by atoms with Crippen LogP contribution in [0.3, 0.4) is 0 Å². The molecule has 5 atom stereocenters. The molecule has 0 radical (unpaired) electrons. The van der Waals surface area contributed by atoms with Crippen molar-refractivity contribution in [3.8, 4) is 5.75 Å². The van der Waals surface area contributed by atoms with Gasteiger partial charge in [0.05, 0.1) is 30.7 Å². The van der Waals surface area contributed by atoms with Crippen LogP contribution in [0.25, 0.3) is 0 Å². The number of fused-ring (bicyclic) bond motifs is 5. The zero-order valence-corrected chi connectivity index (χ0v) is 29.9. The number of hydrogen-bond acceptors (Lipinski definition) is 9. The first-order chi connectivity index (χ1) is 24.0. The van der Waals surface area contributed by atoms with E-state index in [4.69, 9.17) is 36.7 Å². The first-order valence-electron chi connectivity index (χ1n) is 16.4. The Bertz CT molecular complexity index is 1720. The van der Waals surface area contributed by atoms with E-state index in [0.717, 1.165) is 22.1 Å². The summed E-state index contributed by atoms with van der Waals surface area (Å²) in [5, 5.41) is 22.6. The molecule has 5 N–H and O–H groups in total. The number of epoxide rings is 1. The maximum Gasteiger partial charge on any atom is 0.409 e. The summed E-state index contributed by atoms with van der Waals surface area (Å²) in [7, 11) is 4.61. The Hall–Kier alpha value is -4.66. The molecule has 0 saturated carbocycles. The van der Waals surface area contributed by atoms with E-state index in [2.05, 4.69) is 5.32 Å². The maximum absolute atomic E-state index is 13.2. The monoisotopic (exact) mass is 730 g/mol. The number of anilines is 2. The molecule has 0 aromatic heterocycles. The maximum atomic E-state index is 13.2. The van der Waals surface area contributed by atoms with Gasteiger partial charge in [-0.15, -0.1) is 0 Å². The number of nitrogens with one attached hydrogen (secondary N) is 1. The number of carbonyl (C=O) groups is 4. The standard InChI is InChI=1S/C25H31ClN2O6.C11H13FN2O3/c1-15-6-4-5-9-25(31)14-17(33-24(30)27-25)13-20-19(34-20)7-8-22(29)28(2)18-11-16(10-15)12-21(32-3)23(18)26;1-6(11(16)17)14(2)10(15)7-3-4-9(13)8(12)5-7/h4-6,11-12,17,19-20,31H,7-10,13-14H2,1-3H3,(H,27,30);3-6H,13H2,1-2H3,(H,16,17)/b5-4+,15-6+;/t17?,19?,20?,25-;6-/m10/s1. The van der Waals surface area contributed by atoms with Crippen LogP contribution in [0.15, 0.2) is 54.1 Å². The second kappa shape index (κ2) is 16.6. The van der Waals surface area contributed by atoms with Crippen molar-refractivity contribution in [1.82, 2.24) is 10.2 Å². The van der Waals surface area contributed by atoms with E-state index >= 15 is 0 Å². The van der Waals surface area contributed by atoms with E-state index in [0.29, 0.717) is 42.1 Å². The summed E-state index contributed by atoms with van der Waals surface area (Å²) in [4.78, 5) is 50.1. The summed E-state index contributed by atoms with van der Waals surface area (Å²) in [5.74, 6) is -1.96. The van der Waals surface area contributed by atoms with Crippen LogP contribution in [-0.4, -0.2) is 90.3 Å². The molecule has 2 saturated heterocycles. The van der Waals surface area contributed by atoms with Crippen molar-refractivity contribution in [1.29, 1.82) is 0 Å². The van der Waals surface area contributed by atoms with Crippen LogP contribution in [0.5, 0.6) is 5.75 Å². The SMILES string of the molecule is COc1cc2cc(c1Cl)N(C)C(=O)CCC1OC1CC1C[C@](O)(C/C=C/C=C(\C)C2)NC(=O)O1.C[C@@H](C(=O)O)N(C)C(=O)c1ccc(N)c(F)c1. The molecule has 5 rings (SSSR count). The zero-order chi connectivity index (χ0) is 37.6. The lowest BCUT2D eigenvalue weighted by Gasteiger charge is -2.36. The van der Waals surface area contributed by atoms with Gasteiger partial charge in [-0.25, -0.2) is 14.0 Å². The average Bonchev–Trinajstić information content (AvgIpc) is 3.82. The molecule has 4 bridgehead atoms. The fourth-order valence-electron chi connectivity index (χ4n) is 5.79. The number of carboxylic acids is 1. The number of methoxy groups -OCH3 is 1. The van der Waals surface area contributed by atoms with Gasteiger partial charge in [0.2, 0.25) is 5.91 Å². The first kappa shape index (κ1) is 39.1. The Morgan fingerprint density at radius 2 is 1.96 bits per heavy atom. The molecule has 2 aromatic rings. The molecule has 0 spiro atoms. The summed E-state index contributed by atoms with van der Waals surface area (Å²) in [6.07, 6.45) is 6.86.